The van der Waals surface area contributed by atoms with E-state index in [1.807, 2.05) is 6.07 Å². The zero-order valence-electron chi connectivity index (χ0n) is 8.81. The van der Waals surface area contributed by atoms with Gasteiger partial charge >= 0.3 is 0 Å². The predicted octanol–water partition coefficient (Wildman–Crippen LogP) is 1.99. The number of anilines is 2. The highest BCUT2D eigenvalue weighted by atomic mass is 16.3. The molecular weight excluding hydrogens is 218 g/mol. The summed E-state index contributed by atoms with van der Waals surface area (Å²) < 4.78 is 4.95. The minimum absolute atomic E-state index is 0.209. The van der Waals surface area contributed by atoms with Crippen LogP contribution in [0.4, 0.5) is 11.4 Å². The first-order valence-corrected chi connectivity index (χ1v) is 4.85. The van der Waals surface area contributed by atoms with E-state index in [0.717, 1.165) is 0 Å². The third-order valence-corrected chi connectivity index (χ3v) is 2.18. The van der Waals surface area contributed by atoms with Crippen LogP contribution in [0.3, 0.4) is 0 Å². The van der Waals surface area contributed by atoms with E-state index < -0.39 is 0 Å². The molecule has 1 heterocycles. The third kappa shape index (κ3) is 2.26. The lowest BCUT2D eigenvalue weighted by atomic mass is 10.2. The highest BCUT2D eigenvalue weighted by Gasteiger charge is 2.09. The summed E-state index contributed by atoms with van der Waals surface area (Å²) >= 11 is 0. The van der Waals surface area contributed by atoms with E-state index in [4.69, 9.17) is 15.4 Å². The number of carbonyl (C=O) groups excluding carboxylic acids is 1. The fourth-order valence-corrected chi connectivity index (χ4v) is 1.33. The van der Waals surface area contributed by atoms with Gasteiger partial charge in [-0.1, -0.05) is 0 Å². The lowest BCUT2D eigenvalue weighted by Gasteiger charge is -2.04. The van der Waals surface area contributed by atoms with Gasteiger partial charge in [0, 0.05) is 11.4 Å². The Balaban J connectivity index is 2.20. The monoisotopic (exact) mass is 227 g/mol. The smallest absolute Gasteiger partial charge is 0.291 e. The molecule has 3 N–H and O–H groups in total. The number of nitrogen functional groups attached to an aromatic ring is 1. The summed E-state index contributed by atoms with van der Waals surface area (Å²) in [5, 5.41) is 11.4. The maximum absolute atomic E-state index is 11.6. The van der Waals surface area contributed by atoms with Gasteiger partial charge in [0.1, 0.15) is 6.07 Å². The fourth-order valence-electron chi connectivity index (χ4n) is 1.33. The van der Waals surface area contributed by atoms with Crippen molar-refractivity contribution in [2.75, 3.05) is 11.1 Å². The molecule has 0 aliphatic rings. The van der Waals surface area contributed by atoms with Crippen molar-refractivity contribution in [3.63, 3.8) is 0 Å². The molecule has 0 bridgehead atoms. The van der Waals surface area contributed by atoms with Gasteiger partial charge in [-0.15, -0.1) is 0 Å². The van der Waals surface area contributed by atoms with Gasteiger partial charge in [-0.05, 0) is 30.3 Å². The maximum atomic E-state index is 11.6. The van der Waals surface area contributed by atoms with Crippen LogP contribution < -0.4 is 11.1 Å². The lowest BCUT2D eigenvalue weighted by molar-refractivity contribution is 0.0996. The number of hydrogen-bond donors (Lipinski definition) is 2. The molecule has 84 valence electrons. The van der Waals surface area contributed by atoms with Crippen LogP contribution in [0.5, 0.6) is 0 Å². The van der Waals surface area contributed by atoms with Crippen molar-refractivity contribution in [2.24, 2.45) is 0 Å². The molecule has 5 heteroatoms. The van der Waals surface area contributed by atoms with Crippen LogP contribution in [0.25, 0.3) is 0 Å². The lowest BCUT2D eigenvalue weighted by Crippen LogP contribution is -2.11. The first kappa shape index (κ1) is 10.8. The van der Waals surface area contributed by atoms with Crippen LogP contribution in [-0.2, 0) is 0 Å². The molecule has 0 fully saturated rings. The van der Waals surface area contributed by atoms with Crippen LogP contribution in [0.2, 0.25) is 0 Å². The summed E-state index contributed by atoms with van der Waals surface area (Å²) in [7, 11) is 0. The molecule has 0 saturated heterocycles. The van der Waals surface area contributed by atoms with E-state index in [1.54, 1.807) is 24.3 Å². The van der Waals surface area contributed by atoms with Gasteiger partial charge in [0.05, 0.1) is 11.8 Å². The molecule has 0 spiro atoms. The SMILES string of the molecule is N#Cc1cc(NC(=O)c2ccco2)ccc1N. The molecule has 0 unspecified atom stereocenters. The average Bonchev–Trinajstić information content (AvgIpc) is 2.85. The number of nitrogens with two attached hydrogens (primary N) is 1. The van der Waals surface area contributed by atoms with Gasteiger partial charge in [-0.3, -0.25) is 4.79 Å². The van der Waals surface area contributed by atoms with Crippen LogP contribution in [0.1, 0.15) is 16.1 Å². The van der Waals surface area contributed by atoms with Gasteiger partial charge < -0.3 is 15.5 Å². The molecule has 1 amide bonds. The Bertz CT molecular complexity index is 582. The van der Waals surface area contributed by atoms with Crippen LogP contribution in [0, 0.1) is 11.3 Å². The summed E-state index contributed by atoms with van der Waals surface area (Å²) in [4.78, 5) is 11.6. The second-order valence-electron chi connectivity index (χ2n) is 3.35. The molecule has 5 nitrogen and oxygen atoms in total. The number of benzene rings is 1. The predicted molar refractivity (Wildman–Crippen MR) is 62.2 cm³/mol. The molecule has 0 atom stereocenters. The fraction of sp³-hybridized carbons (Fsp3) is 0. The minimum Gasteiger partial charge on any atom is -0.459 e. The standard InChI is InChI=1S/C12H9N3O2/c13-7-8-6-9(3-4-10(8)14)15-12(16)11-2-1-5-17-11/h1-6H,14H2,(H,15,16). The molecule has 0 saturated carbocycles. The Hall–Kier alpha value is -2.74. The van der Waals surface area contributed by atoms with Crippen molar-refractivity contribution < 1.29 is 9.21 Å². The number of carbonyl (C=O) groups is 1. The van der Waals surface area contributed by atoms with Gasteiger partial charge in [0.15, 0.2) is 5.76 Å². The van der Waals surface area contributed by atoms with Crippen molar-refractivity contribution in [1.29, 1.82) is 5.26 Å². The number of amides is 1. The molecule has 0 aliphatic heterocycles. The largest absolute Gasteiger partial charge is 0.459 e. The van der Waals surface area contributed by atoms with Crippen LogP contribution >= 0.6 is 0 Å². The van der Waals surface area contributed by atoms with Crippen molar-refractivity contribution >= 4 is 17.3 Å². The highest BCUT2D eigenvalue weighted by Crippen LogP contribution is 2.17. The number of nitrogens with zero attached hydrogens (tertiary/aromatic N) is 1. The summed E-state index contributed by atoms with van der Waals surface area (Å²) in [6.07, 6.45) is 1.42. The third-order valence-electron chi connectivity index (χ3n) is 2.18. The molecular formula is C12H9N3O2. The zero-order valence-corrected chi connectivity index (χ0v) is 8.81. The Morgan fingerprint density at radius 2 is 2.24 bits per heavy atom. The second-order valence-corrected chi connectivity index (χ2v) is 3.35. The first-order valence-electron chi connectivity index (χ1n) is 4.85. The van der Waals surface area contributed by atoms with E-state index in [1.165, 1.54) is 12.3 Å². The summed E-state index contributed by atoms with van der Waals surface area (Å²) in [6.45, 7) is 0. The van der Waals surface area contributed by atoms with Crippen molar-refractivity contribution in [2.45, 2.75) is 0 Å². The summed E-state index contributed by atoms with van der Waals surface area (Å²) in [5.74, 6) is -0.163. The maximum Gasteiger partial charge on any atom is 0.291 e. The Morgan fingerprint density at radius 3 is 2.88 bits per heavy atom. The first-order chi connectivity index (χ1) is 8.20. The molecule has 2 aromatic rings. The van der Waals surface area contributed by atoms with E-state index in [-0.39, 0.29) is 11.7 Å². The van der Waals surface area contributed by atoms with Gasteiger partial charge in [-0.25, -0.2) is 0 Å². The quantitative estimate of drug-likeness (QED) is 0.767. The second kappa shape index (κ2) is 4.41. The molecule has 0 radical (unpaired) electrons. The van der Waals surface area contributed by atoms with Crippen LogP contribution in [-0.4, -0.2) is 5.91 Å². The number of hydrogen-bond acceptors (Lipinski definition) is 4. The van der Waals surface area contributed by atoms with Gasteiger partial charge in [0.2, 0.25) is 0 Å². The van der Waals surface area contributed by atoms with Crippen LogP contribution in [0.15, 0.2) is 41.0 Å². The minimum atomic E-state index is -0.372. The Kier molecular flexibility index (Phi) is 2.79. The summed E-state index contributed by atoms with van der Waals surface area (Å²) in [6, 6.07) is 9.82. The van der Waals surface area contributed by atoms with Gasteiger partial charge in [-0.2, -0.15) is 5.26 Å². The zero-order chi connectivity index (χ0) is 12.3. The topological polar surface area (TPSA) is 92.0 Å². The Morgan fingerprint density at radius 1 is 1.41 bits per heavy atom. The van der Waals surface area contributed by atoms with Crippen molar-refractivity contribution in [1.82, 2.24) is 0 Å². The van der Waals surface area contributed by atoms with Crippen molar-refractivity contribution in [3.05, 3.63) is 47.9 Å². The van der Waals surface area contributed by atoms with Gasteiger partial charge in [0.25, 0.3) is 5.91 Å². The molecule has 0 aliphatic carbocycles. The summed E-state index contributed by atoms with van der Waals surface area (Å²) in [5.41, 5.74) is 6.77. The number of nitrogens with one attached hydrogen (secondary N) is 1. The Labute approximate surface area is 97.5 Å². The van der Waals surface area contributed by atoms with E-state index in [2.05, 4.69) is 5.32 Å². The normalized spacial score (nSPS) is 9.59. The van der Waals surface area contributed by atoms with E-state index in [9.17, 15) is 4.79 Å². The van der Waals surface area contributed by atoms with Crippen molar-refractivity contribution in [3.8, 4) is 6.07 Å². The average molecular weight is 227 g/mol. The molecule has 17 heavy (non-hydrogen) atoms. The molecule has 1 aromatic heterocycles. The molecule has 1 aromatic carbocycles. The number of furan rings is 1. The highest BCUT2D eigenvalue weighted by molar-refractivity contribution is 6.02. The number of rotatable bonds is 2. The number of nitriles is 1. The molecule has 2 rings (SSSR count). The van der Waals surface area contributed by atoms with E-state index >= 15 is 0 Å². The van der Waals surface area contributed by atoms with E-state index in [0.29, 0.717) is 16.9 Å².